The highest BCUT2D eigenvalue weighted by molar-refractivity contribution is 5.95. The van der Waals surface area contributed by atoms with Crippen LogP contribution in [0.15, 0.2) is 12.4 Å². The van der Waals surface area contributed by atoms with Crippen molar-refractivity contribution in [3.8, 4) is 0 Å². The lowest BCUT2D eigenvalue weighted by Crippen LogP contribution is -2.63. The number of amides is 26. The lowest BCUT2D eigenvalue weighted by atomic mass is 10.3. The number of carbonyl (C=O) groups is 13. The van der Waals surface area contributed by atoms with Crippen molar-refractivity contribution in [2.75, 3.05) is 93.4 Å². The van der Waals surface area contributed by atoms with Gasteiger partial charge in [0.1, 0.15) is 112 Å². The summed E-state index contributed by atoms with van der Waals surface area (Å²) in [7, 11) is 0. The molecule has 0 bridgehead atoms. The zero-order valence-corrected chi connectivity index (χ0v) is 43.5. The maximum absolute atomic E-state index is 15.4. The minimum Gasteiger partial charge on any atom is -0.316 e. The van der Waals surface area contributed by atoms with E-state index in [4.69, 9.17) is 0 Å². The molecule has 84 heavy (non-hydrogen) atoms. The standard InChI is InChI=1S/C43H44N28O13/c1-16-44-2-46-19-21-52(31(46)72)6-56-23-25-60(36(56)77)10-64-27-29-68(40(64)81)14-69-30-28-65(41(69)82)11-61-26-24-57(37(61)78)7-53-22-20-47(32(53)73)3-45(16)18-17(44)48-4-50(19)34(75)54(21)8-58(23)38(79)62(25)12-66(27)42(83)70(29)15-71(30)43(84)67(28)13-63(26)39(80)59(24)9-55(22)35(76)51(20)5-49(18)33(48)74/h17-30H,1-15H2. The molecule has 21 rings (SSSR count). The monoisotopic (exact) mass is 1160 g/mol. The van der Waals surface area contributed by atoms with Gasteiger partial charge in [0.15, 0.2) is 74.0 Å². The number of carbonyl (C=O) groups excluding carboxylic acids is 13. The third-order valence-corrected chi connectivity index (χ3v) is 22.1. The van der Waals surface area contributed by atoms with Gasteiger partial charge in [-0.1, -0.05) is 6.58 Å². The maximum Gasteiger partial charge on any atom is 0.326 e. The fraction of sp³-hybridized carbons (Fsp3) is 0.651. The van der Waals surface area contributed by atoms with Gasteiger partial charge in [-0.3, -0.25) is 127 Å². The van der Waals surface area contributed by atoms with Crippen LogP contribution in [0.4, 0.5) is 62.3 Å². The number of hydrogen-bond acceptors (Lipinski definition) is 15. The Morgan fingerprint density at radius 2 is 0.226 bits per heavy atom. The van der Waals surface area contributed by atoms with Gasteiger partial charge in [0.2, 0.25) is 0 Å². The van der Waals surface area contributed by atoms with E-state index in [-0.39, 0.29) is 19.2 Å². The summed E-state index contributed by atoms with van der Waals surface area (Å²) in [5.41, 5.74) is 0. The molecule has 26 amide bonds. The van der Waals surface area contributed by atoms with Gasteiger partial charge in [0.25, 0.3) is 0 Å². The van der Waals surface area contributed by atoms with Crippen LogP contribution in [0.2, 0.25) is 0 Å². The molecule has 41 nitrogen and oxygen atoms in total. The molecule has 14 unspecified atom stereocenters. The molecule has 21 fully saturated rings. The SMILES string of the molecule is C=C1N2CN3C(=O)N4CN5C(=O)N6CN7C(=O)N8CN9C(=O)N%10CN%11C(=O)N%12CN%13C(=O)N%14CN1C1C2N2CN%15C(=O)N(CN%16C(=O)N(CN%17C(=O)N(CN%18C(=O)N(CN%19C(=O)N(CN%20C(=O)N(CN1C2=O)C%14C%13%20)C%12C%11%19)C%10C9%18)C8C7%17)C6C5%16)C4C3%15. The molecule has 0 N–H and O–H groups in total. The van der Waals surface area contributed by atoms with E-state index >= 15 is 62.3 Å². The first kappa shape index (κ1) is 43.6. The van der Waals surface area contributed by atoms with Crippen molar-refractivity contribution in [2.45, 2.75) is 86.3 Å². The molecule has 21 saturated heterocycles. The Bertz CT molecular complexity index is 2540. The zero-order chi connectivity index (χ0) is 56.2. The molecule has 0 aromatic rings. The summed E-state index contributed by atoms with van der Waals surface area (Å²) in [6.07, 6.45) is -16.1. The highest BCUT2D eigenvalue weighted by Crippen LogP contribution is 2.53. The van der Waals surface area contributed by atoms with Crippen LogP contribution in [0.1, 0.15) is 0 Å². The van der Waals surface area contributed by atoms with Crippen LogP contribution in [-0.4, -0.2) is 395 Å². The Balaban J connectivity index is 0.738. The summed E-state index contributed by atoms with van der Waals surface area (Å²) in [5.74, 6) is 0.290. The molecule has 0 spiro atoms. The predicted molar refractivity (Wildman–Crippen MR) is 252 cm³/mol. The Morgan fingerprint density at radius 1 is 0.155 bits per heavy atom. The van der Waals surface area contributed by atoms with Crippen molar-refractivity contribution in [3.05, 3.63) is 12.4 Å². The Morgan fingerprint density at radius 3 is 0.321 bits per heavy atom. The van der Waals surface area contributed by atoms with Crippen molar-refractivity contribution in [1.82, 2.24) is 137 Å². The van der Waals surface area contributed by atoms with E-state index in [9.17, 15) is 0 Å². The molecular formula is C43H44N28O13. The quantitative estimate of drug-likeness (QED) is 0.218. The van der Waals surface area contributed by atoms with Gasteiger partial charge < -0.3 is 9.80 Å². The second-order valence-corrected chi connectivity index (χ2v) is 25.0. The summed E-state index contributed by atoms with van der Waals surface area (Å²) in [5, 5.41) is 0. The van der Waals surface area contributed by atoms with E-state index < -0.39 is 245 Å². The van der Waals surface area contributed by atoms with Crippen LogP contribution in [0.25, 0.3) is 0 Å². The van der Waals surface area contributed by atoms with Crippen molar-refractivity contribution in [3.63, 3.8) is 0 Å². The smallest absolute Gasteiger partial charge is 0.316 e. The minimum atomic E-state index is -1.21. The molecule has 0 aromatic carbocycles. The summed E-state index contributed by atoms with van der Waals surface area (Å²) >= 11 is 0. The summed E-state index contributed by atoms with van der Waals surface area (Å²) in [6.45, 7) is -1.52. The molecule has 0 aliphatic carbocycles. The lowest BCUT2D eigenvalue weighted by Gasteiger charge is -2.43. The number of hydrogen-bond donors (Lipinski definition) is 0. The number of nitrogens with zero attached hydrogens (tertiary/aromatic N) is 28. The van der Waals surface area contributed by atoms with E-state index in [1.165, 1.54) is 127 Å². The fourth-order valence-corrected chi connectivity index (χ4v) is 18.8. The Kier molecular flexibility index (Phi) is 6.60. The third-order valence-electron chi connectivity index (χ3n) is 22.1. The normalized spacial score (nSPS) is 40.3. The molecule has 41 heteroatoms. The largest absolute Gasteiger partial charge is 0.326 e. The zero-order valence-electron chi connectivity index (χ0n) is 43.5. The number of rotatable bonds is 0. The topological polar surface area (TPSA) is 313 Å². The van der Waals surface area contributed by atoms with Gasteiger partial charge >= 0.3 is 78.4 Å². The van der Waals surface area contributed by atoms with Crippen LogP contribution >= 0.6 is 0 Å². The van der Waals surface area contributed by atoms with Gasteiger partial charge in [-0.15, -0.1) is 0 Å². The van der Waals surface area contributed by atoms with Gasteiger partial charge in [-0.2, -0.15) is 0 Å². The van der Waals surface area contributed by atoms with Crippen molar-refractivity contribution in [1.29, 1.82) is 0 Å². The molecule has 21 aliphatic heterocycles. The molecule has 0 radical (unpaired) electrons. The average Bonchev–Trinajstić information content (AvgIpc) is 1.62. The molecule has 0 saturated carbocycles. The average molecular weight is 1160 g/mol. The van der Waals surface area contributed by atoms with Crippen LogP contribution in [-0.2, 0) is 0 Å². The van der Waals surface area contributed by atoms with Crippen LogP contribution < -0.4 is 0 Å². The second-order valence-electron chi connectivity index (χ2n) is 25.0. The molecule has 14 atom stereocenters. The second kappa shape index (κ2) is 12.7. The maximum atomic E-state index is 15.4. The van der Waals surface area contributed by atoms with Gasteiger partial charge in [0, 0.05) is 0 Å². The number of urea groups is 13. The van der Waals surface area contributed by atoms with Crippen molar-refractivity contribution >= 4 is 78.4 Å². The van der Waals surface area contributed by atoms with E-state index in [0.29, 0.717) is 0 Å². The van der Waals surface area contributed by atoms with E-state index in [1.807, 2.05) is 0 Å². The minimum absolute atomic E-state index is 0.257. The van der Waals surface area contributed by atoms with Gasteiger partial charge in [0.05, 0.1) is 0 Å². The predicted octanol–water partition coefficient (Wildman–Crippen LogP) is -6.26. The molecule has 21 heterocycles. The van der Waals surface area contributed by atoms with Gasteiger partial charge in [-0.25, -0.2) is 62.3 Å². The summed E-state index contributed by atoms with van der Waals surface area (Å²) in [4.78, 5) is 239. The molecule has 0 aromatic heterocycles. The highest BCUT2D eigenvalue weighted by Gasteiger charge is 2.76. The first-order valence-electron chi connectivity index (χ1n) is 27.7. The summed E-state index contributed by atoms with van der Waals surface area (Å²) in [6, 6.07) is -8.56. The van der Waals surface area contributed by atoms with Crippen LogP contribution in [0, 0.1) is 0 Å². The summed E-state index contributed by atoms with van der Waals surface area (Å²) < 4.78 is 0. The van der Waals surface area contributed by atoms with Crippen LogP contribution in [0.3, 0.4) is 0 Å². The highest BCUT2D eigenvalue weighted by atomic mass is 16.3. The third kappa shape index (κ3) is 4.07. The van der Waals surface area contributed by atoms with E-state index in [1.54, 1.807) is 9.80 Å². The first-order valence-corrected chi connectivity index (χ1v) is 27.7. The van der Waals surface area contributed by atoms with Crippen molar-refractivity contribution in [2.24, 2.45) is 0 Å². The van der Waals surface area contributed by atoms with Crippen LogP contribution in [0.5, 0.6) is 0 Å². The lowest BCUT2D eigenvalue weighted by molar-refractivity contribution is -0.0194. The Hall–Kier alpha value is -10.2. The first-order chi connectivity index (χ1) is 40.5. The van der Waals surface area contributed by atoms with Crippen molar-refractivity contribution < 1.29 is 62.3 Å². The van der Waals surface area contributed by atoms with Gasteiger partial charge in [-0.05, 0) is 0 Å². The molecule has 434 valence electrons. The molecular weight excluding hydrogens is 1120 g/mol. The molecule has 21 aliphatic rings. The Labute approximate surface area is 469 Å². The van der Waals surface area contributed by atoms with E-state index in [0.717, 1.165) is 0 Å². The van der Waals surface area contributed by atoms with E-state index in [2.05, 4.69) is 6.58 Å². The fourth-order valence-electron chi connectivity index (χ4n) is 18.8.